The van der Waals surface area contributed by atoms with E-state index in [0.29, 0.717) is 0 Å². The highest BCUT2D eigenvalue weighted by molar-refractivity contribution is 4.89. The third kappa shape index (κ3) is 6.26. The predicted molar refractivity (Wildman–Crippen MR) is 56.1 cm³/mol. The summed E-state index contributed by atoms with van der Waals surface area (Å²) in [7, 11) is 1.94. The minimum atomic E-state index is 0.857. The van der Waals surface area contributed by atoms with Gasteiger partial charge in [-0.25, -0.2) is 0 Å². The first-order chi connectivity index (χ1) is 5.70. The molecule has 0 heterocycles. The predicted octanol–water partition coefficient (Wildman–Crippen LogP) is 3.33. The summed E-state index contributed by atoms with van der Waals surface area (Å²) in [5, 5.41) is 3.08. The molecule has 0 rings (SSSR count). The van der Waals surface area contributed by atoms with E-state index in [2.05, 4.69) is 25.7 Å². The van der Waals surface area contributed by atoms with Crippen molar-refractivity contribution in [2.75, 3.05) is 7.05 Å². The van der Waals surface area contributed by atoms with E-state index >= 15 is 0 Å². The van der Waals surface area contributed by atoms with Crippen molar-refractivity contribution in [2.24, 2.45) is 5.92 Å². The average Bonchev–Trinajstić information content (AvgIpc) is 2.10. The standard InChI is InChI=1S/C11H23N/c1-5-6-7-10(2)8-9-11(3)12-4/h10,12H,3,5-9H2,1-2,4H3. The van der Waals surface area contributed by atoms with E-state index in [4.69, 9.17) is 0 Å². The van der Waals surface area contributed by atoms with Crippen LogP contribution < -0.4 is 5.32 Å². The SMILES string of the molecule is C=C(CCC(C)CCCC)NC. The second-order valence-corrected chi connectivity index (χ2v) is 3.64. The number of hydrogen-bond donors (Lipinski definition) is 1. The van der Waals surface area contributed by atoms with E-state index in [0.717, 1.165) is 12.3 Å². The molecule has 0 aromatic rings. The van der Waals surface area contributed by atoms with Crippen LogP contribution in [-0.2, 0) is 0 Å². The van der Waals surface area contributed by atoms with Gasteiger partial charge >= 0.3 is 0 Å². The van der Waals surface area contributed by atoms with E-state index in [9.17, 15) is 0 Å². The fraction of sp³-hybridized carbons (Fsp3) is 0.818. The summed E-state index contributed by atoms with van der Waals surface area (Å²) in [4.78, 5) is 0. The Kier molecular flexibility index (Phi) is 6.93. The van der Waals surface area contributed by atoms with Crippen molar-refractivity contribution < 1.29 is 0 Å². The number of hydrogen-bond acceptors (Lipinski definition) is 1. The second kappa shape index (κ2) is 7.20. The molecule has 0 fully saturated rings. The van der Waals surface area contributed by atoms with Gasteiger partial charge in [-0.05, 0) is 18.8 Å². The fourth-order valence-corrected chi connectivity index (χ4v) is 1.24. The van der Waals surface area contributed by atoms with Crippen LogP contribution in [0.25, 0.3) is 0 Å². The first-order valence-electron chi connectivity index (χ1n) is 5.06. The highest BCUT2D eigenvalue weighted by Crippen LogP contribution is 2.15. The smallest absolute Gasteiger partial charge is 0.00311 e. The van der Waals surface area contributed by atoms with Gasteiger partial charge in [0.1, 0.15) is 0 Å². The lowest BCUT2D eigenvalue weighted by molar-refractivity contribution is 0.467. The Hall–Kier alpha value is -0.460. The fourth-order valence-electron chi connectivity index (χ4n) is 1.24. The molecule has 12 heavy (non-hydrogen) atoms. The third-order valence-corrected chi connectivity index (χ3v) is 2.34. The molecule has 0 aliphatic rings. The molecule has 1 N–H and O–H groups in total. The molecule has 0 aliphatic carbocycles. The Bertz CT molecular complexity index is 118. The molecule has 0 radical (unpaired) electrons. The molecule has 1 heteroatoms. The van der Waals surface area contributed by atoms with E-state index in [1.54, 1.807) is 0 Å². The van der Waals surface area contributed by atoms with Crippen LogP contribution in [0, 0.1) is 5.92 Å². The van der Waals surface area contributed by atoms with Crippen LogP contribution in [0.4, 0.5) is 0 Å². The summed E-state index contributed by atoms with van der Waals surface area (Å²) in [6.07, 6.45) is 6.46. The lowest BCUT2D eigenvalue weighted by Gasteiger charge is -2.11. The van der Waals surface area contributed by atoms with Gasteiger partial charge in [0.15, 0.2) is 0 Å². The summed E-state index contributed by atoms with van der Waals surface area (Å²) in [6.45, 7) is 8.50. The topological polar surface area (TPSA) is 12.0 Å². The van der Waals surface area contributed by atoms with Crippen LogP contribution in [-0.4, -0.2) is 7.05 Å². The maximum absolute atomic E-state index is 3.91. The molecule has 1 nitrogen and oxygen atoms in total. The van der Waals surface area contributed by atoms with Gasteiger partial charge in [0, 0.05) is 12.7 Å². The quantitative estimate of drug-likeness (QED) is 0.616. The van der Waals surface area contributed by atoms with Gasteiger partial charge in [-0.2, -0.15) is 0 Å². The van der Waals surface area contributed by atoms with Gasteiger partial charge in [0.25, 0.3) is 0 Å². The highest BCUT2D eigenvalue weighted by Gasteiger charge is 2.01. The van der Waals surface area contributed by atoms with E-state index in [1.807, 2.05) is 7.05 Å². The molecule has 72 valence electrons. The van der Waals surface area contributed by atoms with Crippen molar-refractivity contribution in [3.63, 3.8) is 0 Å². The zero-order valence-electron chi connectivity index (χ0n) is 8.82. The molecule has 0 bridgehead atoms. The van der Waals surface area contributed by atoms with Crippen LogP contribution in [0.3, 0.4) is 0 Å². The van der Waals surface area contributed by atoms with Crippen LogP contribution in [0.2, 0.25) is 0 Å². The van der Waals surface area contributed by atoms with Crippen molar-refractivity contribution in [2.45, 2.75) is 46.0 Å². The van der Waals surface area contributed by atoms with Crippen molar-refractivity contribution >= 4 is 0 Å². The summed E-state index contributed by atoms with van der Waals surface area (Å²) >= 11 is 0. The van der Waals surface area contributed by atoms with Crippen LogP contribution in [0.1, 0.15) is 46.0 Å². The highest BCUT2D eigenvalue weighted by atomic mass is 14.8. The van der Waals surface area contributed by atoms with Crippen molar-refractivity contribution in [3.8, 4) is 0 Å². The van der Waals surface area contributed by atoms with Crippen LogP contribution >= 0.6 is 0 Å². The maximum atomic E-state index is 3.91. The van der Waals surface area contributed by atoms with Gasteiger partial charge in [0.05, 0.1) is 0 Å². The maximum Gasteiger partial charge on any atom is 0.00311 e. The molecule has 0 aliphatic heterocycles. The normalized spacial score (nSPS) is 12.6. The monoisotopic (exact) mass is 169 g/mol. The van der Waals surface area contributed by atoms with Crippen molar-refractivity contribution in [1.82, 2.24) is 5.32 Å². The molecule has 0 aromatic heterocycles. The molecule has 1 unspecified atom stereocenters. The molecule has 0 saturated carbocycles. The first kappa shape index (κ1) is 11.5. The first-order valence-corrected chi connectivity index (χ1v) is 5.06. The summed E-state index contributed by atoms with van der Waals surface area (Å²) in [5.41, 5.74) is 1.17. The zero-order valence-corrected chi connectivity index (χ0v) is 8.82. The largest absolute Gasteiger partial charge is 0.392 e. The zero-order chi connectivity index (χ0) is 9.40. The lowest BCUT2D eigenvalue weighted by atomic mass is 9.98. The number of allylic oxidation sites excluding steroid dienone is 1. The molecule has 0 amide bonds. The Morgan fingerprint density at radius 2 is 2.08 bits per heavy atom. The number of nitrogens with one attached hydrogen (secondary N) is 1. The van der Waals surface area contributed by atoms with Crippen LogP contribution in [0.15, 0.2) is 12.3 Å². The Morgan fingerprint density at radius 1 is 1.42 bits per heavy atom. The van der Waals surface area contributed by atoms with Crippen LogP contribution in [0.5, 0.6) is 0 Å². The van der Waals surface area contributed by atoms with Crippen molar-refractivity contribution in [3.05, 3.63) is 12.3 Å². The number of unbranched alkanes of at least 4 members (excludes halogenated alkanes) is 1. The van der Waals surface area contributed by atoms with E-state index < -0.39 is 0 Å². The second-order valence-electron chi connectivity index (χ2n) is 3.64. The Labute approximate surface area is 77.2 Å². The molecule has 0 spiro atoms. The summed E-state index contributed by atoms with van der Waals surface area (Å²) in [6, 6.07) is 0. The Balaban J connectivity index is 3.30. The molecule has 1 atom stereocenters. The van der Waals surface area contributed by atoms with Gasteiger partial charge in [0.2, 0.25) is 0 Å². The van der Waals surface area contributed by atoms with Gasteiger partial charge in [-0.1, -0.05) is 39.7 Å². The average molecular weight is 169 g/mol. The summed E-state index contributed by atoms with van der Waals surface area (Å²) < 4.78 is 0. The molecule has 0 saturated heterocycles. The lowest BCUT2D eigenvalue weighted by Crippen LogP contribution is -2.05. The third-order valence-electron chi connectivity index (χ3n) is 2.34. The minimum absolute atomic E-state index is 0.857. The van der Waals surface area contributed by atoms with Crippen molar-refractivity contribution in [1.29, 1.82) is 0 Å². The summed E-state index contributed by atoms with van der Waals surface area (Å²) in [5.74, 6) is 0.857. The molecule has 0 aromatic carbocycles. The minimum Gasteiger partial charge on any atom is -0.392 e. The van der Waals surface area contributed by atoms with Gasteiger partial charge in [-0.15, -0.1) is 0 Å². The van der Waals surface area contributed by atoms with Gasteiger partial charge < -0.3 is 5.32 Å². The molecular weight excluding hydrogens is 146 g/mol. The van der Waals surface area contributed by atoms with Gasteiger partial charge in [-0.3, -0.25) is 0 Å². The van der Waals surface area contributed by atoms with E-state index in [-0.39, 0.29) is 0 Å². The number of rotatable bonds is 7. The van der Waals surface area contributed by atoms with E-state index in [1.165, 1.54) is 31.4 Å². The Morgan fingerprint density at radius 3 is 2.58 bits per heavy atom. The molecular formula is C11H23N.